The largest absolute Gasteiger partial charge is 1.00 e. The third-order valence-corrected chi connectivity index (χ3v) is 5.35. The van der Waals surface area contributed by atoms with E-state index in [1.54, 1.807) is 12.4 Å². The Morgan fingerprint density at radius 1 is 0.611 bits per heavy atom. The second-order valence-electron chi connectivity index (χ2n) is 7.75. The van der Waals surface area contributed by atoms with E-state index in [0.717, 1.165) is 16.8 Å². The molecule has 2 aromatic heterocycles. The lowest BCUT2D eigenvalue weighted by atomic mass is 9.91. The highest BCUT2D eigenvalue weighted by Crippen LogP contribution is 2.32. The number of benzene rings is 3. The van der Waals surface area contributed by atoms with Gasteiger partial charge in [0.05, 0.1) is 16.8 Å². The van der Waals surface area contributed by atoms with E-state index in [9.17, 15) is 0 Å². The highest BCUT2D eigenvalue weighted by atomic mass is 79.9. The summed E-state index contributed by atoms with van der Waals surface area (Å²) in [5, 5.41) is 9.61. The van der Waals surface area contributed by atoms with Gasteiger partial charge in [0.15, 0.2) is 12.4 Å². The minimum Gasteiger partial charge on any atom is -1.00 e. The smallest absolute Gasteiger partial charge is 0.330 e. The summed E-state index contributed by atoms with van der Waals surface area (Å²) in [4.78, 5) is 3.78. The Morgan fingerprint density at radius 3 is 1.53 bits per heavy atom. The van der Waals surface area contributed by atoms with Crippen molar-refractivity contribution < 1.29 is 21.5 Å². The van der Waals surface area contributed by atoms with Gasteiger partial charge in [0, 0.05) is 24.5 Å². The van der Waals surface area contributed by atoms with E-state index in [0.29, 0.717) is 0 Å². The zero-order valence-corrected chi connectivity index (χ0v) is 23.2. The van der Waals surface area contributed by atoms with Crippen LogP contribution < -0.4 is 21.5 Å². The van der Waals surface area contributed by atoms with Crippen molar-refractivity contribution in [2.75, 3.05) is 0 Å². The summed E-state index contributed by atoms with van der Waals surface area (Å²) in [7, 11) is 0. The first-order valence-electron chi connectivity index (χ1n) is 11.2. The summed E-state index contributed by atoms with van der Waals surface area (Å²) in [6.07, 6.45) is 7.57. The summed E-state index contributed by atoms with van der Waals surface area (Å²) in [5.74, 6) is 0. The van der Waals surface area contributed by atoms with Crippen molar-refractivity contribution in [3.05, 3.63) is 163 Å². The molecule has 0 atom stereocenters. The van der Waals surface area contributed by atoms with Gasteiger partial charge in [-0.15, -0.1) is 27.2 Å². The van der Waals surface area contributed by atoms with E-state index in [4.69, 9.17) is 5.11 Å². The molecule has 6 heteroatoms. The third kappa shape index (κ3) is 7.26. The second-order valence-corrected chi connectivity index (χ2v) is 7.75. The molecule has 2 heterocycles. The molecule has 0 unspecified atom stereocenters. The van der Waals surface area contributed by atoms with Crippen LogP contribution in [0.15, 0.2) is 156 Å². The number of rotatable bonds is 5. The number of aromatic nitrogens is 2. The maximum absolute atomic E-state index is 4.95. The predicted octanol–water partition coefficient (Wildman–Crippen LogP) is 4.48. The number of halogens is 2. The van der Waals surface area contributed by atoms with Crippen LogP contribution in [0, 0.1) is 6.92 Å². The minimum absolute atomic E-state index is 0. The average molecular weight is 604 g/mol. The topological polar surface area (TPSA) is 41.5 Å². The third-order valence-electron chi connectivity index (χ3n) is 5.35. The van der Waals surface area contributed by atoms with E-state index in [1.165, 1.54) is 5.56 Å². The molecule has 0 fully saturated rings. The van der Waals surface area contributed by atoms with Gasteiger partial charge in [0.1, 0.15) is 0 Å². The highest BCUT2D eigenvalue weighted by Gasteiger charge is 2.44. The van der Waals surface area contributed by atoms with Crippen LogP contribution in [0.2, 0.25) is 0 Å². The monoisotopic (exact) mass is 602 g/mol. The van der Waals surface area contributed by atoms with Gasteiger partial charge < -0.3 is 17.0 Å². The summed E-state index contributed by atoms with van der Waals surface area (Å²) < 4.78 is 2.11. The zero-order chi connectivity index (χ0) is 23.5. The molecule has 0 saturated carbocycles. The Balaban J connectivity index is 0.000000503. The molecule has 0 amide bonds. The van der Waals surface area contributed by atoms with Crippen molar-refractivity contribution in [2.45, 2.75) is 12.6 Å². The lowest BCUT2D eigenvalue weighted by molar-refractivity contribution is -0.744. The number of azo groups is 1. The Labute approximate surface area is 234 Å². The minimum atomic E-state index is -0.797. The molecule has 0 aliphatic heterocycles. The van der Waals surface area contributed by atoms with Gasteiger partial charge in [-0.05, 0) is 55.5 Å². The molecule has 3 aromatic carbocycles. The van der Waals surface area contributed by atoms with Gasteiger partial charge in [-0.3, -0.25) is 4.98 Å². The van der Waals surface area contributed by atoms with Crippen LogP contribution in [-0.4, -0.2) is 4.98 Å². The van der Waals surface area contributed by atoms with E-state index in [-0.39, 0.29) is 34.0 Å². The molecule has 0 N–H and O–H groups in total. The molecular formula is C30H28Br2N4. The number of hydrogen-bond acceptors (Lipinski definition) is 3. The SMILES string of the molecule is Br.Cc1ccc(N=NC(c2ccccc2)(c2ccccc2)[n+]2ccccc2)cc1.[Br-].c1ccncc1. The maximum Gasteiger partial charge on any atom is 0.330 e. The average Bonchev–Trinajstić information content (AvgIpc) is 2.93. The fourth-order valence-electron chi connectivity index (χ4n) is 3.64. The maximum atomic E-state index is 4.95. The van der Waals surface area contributed by atoms with Crippen molar-refractivity contribution in [2.24, 2.45) is 10.2 Å². The van der Waals surface area contributed by atoms with Crippen LogP contribution in [0.4, 0.5) is 5.69 Å². The lowest BCUT2D eigenvalue weighted by Gasteiger charge is -2.24. The van der Waals surface area contributed by atoms with E-state index >= 15 is 0 Å². The van der Waals surface area contributed by atoms with E-state index < -0.39 is 5.66 Å². The van der Waals surface area contributed by atoms with Gasteiger partial charge in [0.2, 0.25) is 0 Å². The lowest BCUT2D eigenvalue weighted by Crippen LogP contribution is -3.00. The number of aryl methyl sites for hydroxylation is 1. The van der Waals surface area contributed by atoms with Crippen LogP contribution in [0.1, 0.15) is 16.7 Å². The Morgan fingerprint density at radius 2 is 1.08 bits per heavy atom. The van der Waals surface area contributed by atoms with E-state index in [2.05, 4.69) is 58.0 Å². The van der Waals surface area contributed by atoms with Crippen molar-refractivity contribution >= 4 is 22.7 Å². The first-order valence-corrected chi connectivity index (χ1v) is 11.2. The van der Waals surface area contributed by atoms with Crippen LogP contribution in [0.3, 0.4) is 0 Å². The Kier molecular flexibility index (Phi) is 11.8. The van der Waals surface area contributed by atoms with Crippen LogP contribution in [0.25, 0.3) is 0 Å². The van der Waals surface area contributed by atoms with Crippen LogP contribution >= 0.6 is 17.0 Å². The molecule has 4 nitrogen and oxygen atoms in total. The quantitative estimate of drug-likeness (QED) is 0.216. The van der Waals surface area contributed by atoms with Crippen molar-refractivity contribution in [3.8, 4) is 0 Å². The molecule has 0 spiro atoms. The Hall–Kier alpha value is -3.48. The van der Waals surface area contributed by atoms with Crippen molar-refractivity contribution in [1.82, 2.24) is 4.98 Å². The van der Waals surface area contributed by atoms with E-state index in [1.807, 2.05) is 97.3 Å². The first kappa shape index (κ1) is 28.8. The molecular weight excluding hydrogens is 576 g/mol. The fraction of sp³-hybridized carbons (Fsp3) is 0.0667. The highest BCUT2D eigenvalue weighted by molar-refractivity contribution is 8.93. The summed E-state index contributed by atoms with van der Waals surface area (Å²) >= 11 is 0. The van der Waals surface area contributed by atoms with Crippen LogP contribution in [-0.2, 0) is 5.66 Å². The second kappa shape index (κ2) is 14.8. The number of pyridine rings is 2. The molecule has 0 aliphatic carbocycles. The molecule has 0 radical (unpaired) electrons. The molecule has 0 aliphatic rings. The van der Waals surface area contributed by atoms with Crippen molar-refractivity contribution in [3.63, 3.8) is 0 Å². The number of nitrogens with zero attached hydrogens (tertiary/aromatic N) is 4. The Bertz CT molecular complexity index is 1160. The normalized spacial score (nSPS) is 10.4. The summed E-state index contributed by atoms with van der Waals surface area (Å²) in [6, 6.07) is 40.4. The van der Waals surface area contributed by atoms with Gasteiger partial charge in [-0.2, -0.15) is 4.57 Å². The summed E-state index contributed by atoms with van der Waals surface area (Å²) in [6.45, 7) is 2.07. The molecule has 0 bridgehead atoms. The molecule has 0 saturated heterocycles. The first-order chi connectivity index (χ1) is 16.8. The molecule has 5 aromatic rings. The standard InChI is InChI=1S/C25H22N3.C5H5N.2BrH/c1-21-15-17-24(18-16-21)26-27-25(22-11-5-2-6-12-22,23-13-7-3-8-14-23)28-19-9-4-10-20-28;1-2-4-6-5-3-1;;/h2-20H,1H3;1-5H;2*1H/q+1;;;/p-1. The number of hydrogen-bond donors (Lipinski definition) is 0. The zero-order valence-electron chi connectivity index (χ0n) is 19.9. The fourth-order valence-corrected chi connectivity index (χ4v) is 3.64. The van der Waals surface area contributed by atoms with Crippen molar-refractivity contribution in [1.29, 1.82) is 0 Å². The predicted molar refractivity (Wildman–Crippen MR) is 146 cm³/mol. The molecule has 36 heavy (non-hydrogen) atoms. The van der Waals surface area contributed by atoms with Crippen LogP contribution in [0.5, 0.6) is 0 Å². The van der Waals surface area contributed by atoms with Gasteiger partial charge >= 0.3 is 5.66 Å². The van der Waals surface area contributed by atoms with Gasteiger partial charge in [0.25, 0.3) is 0 Å². The summed E-state index contributed by atoms with van der Waals surface area (Å²) in [5.41, 5.74) is 3.34. The molecule has 182 valence electrons. The molecule has 5 rings (SSSR count). The van der Waals surface area contributed by atoms with Gasteiger partial charge in [-0.25, -0.2) is 0 Å². The van der Waals surface area contributed by atoms with Gasteiger partial charge in [-0.1, -0.05) is 66.2 Å².